The fourth-order valence-corrected chi connectivity index (χ4v) is 5.12. The summed E-state index contributed by atoms with van der Waals surface area (Å²) in [6.45, 7) is 7.72. The van der Waals surface area contributed by atoms with Crippen LogP contribution in [0.15, 0.2) is 71.8 Å². The first kappa shape index (κ1) is 23.5. The molecule has 0 spiro atoms. The van der Waals surface area contributed by atoms with Gasteiger partial charge in [0.15, 0.2) is 0 Å². The highest BCUT2D eigenvalue weighted by molar-refractivity contribution is 7.94. The van der Waals surface area contributed by atoms with E-state index in [1.54, 1.807) is 12.1 Å². The number of carboxylic acids is 1. The third-order valence-electron chi connectivity index (χ3n) is 6.96. The van der Waals surface area contributed by atoms with Crippen LogP contribution in [0.3, 0.4) is 0 Å². The van der Waals surface area contributed by atoms with E-state index in [1.807, 2.05) is 22.9 Å². The van der Waals surface area contributed by atoms with Crippen molar-refractivity contribution in [2.24, 2.45) is 0 Å². The van der Waals surface area contributed by atoms with Crippen molar-refractivity contribution >= 4 is 28.9 Å². The van der Waals surface area contributed by atoms with Crippen molar-refractivity contribution in [1.29, 1.82) is 0 Å². The topological polar surface area (TPSA) is 60.7 Å². The lowest BCUT2D eigenvalue weighted by molar-refractivity contribution is 0.0698. The summed E-state index contributed by atoms with van der Waals surface area (Å²) < 4.78 is 13.6. The van der Waals surface area contributed by atoms with E-state index in [-0.39, 0.29) is 17.7 Å². The van der Waals surface area contributed by atoms with Gasteiger partial charge in [-0.1, -0.05) is 45.0 Å². The van der Waals surface area contributed by atoms with E-state index in [4.69, 9.17) is 8.92 Å². The maximum absolute atomic E-state index is 11.7. The summed E-state index contributed by atoms with van der Waals surface area (Å²) in [7, 11) is 0. The van der Waals surface area contributed by atoms with Crippen molar-refractivity contribution in [1.82, 2.24) is 4.57 Å². The standard InChI is InChI=1S/C29H29NO4S/c1-4-29(2,3)23-15-22(20-8-9-26-21(14-20)11-13-33-26)16-24(17-23)35-34-18-30-12-10-19-6-5-7-25(27(19)30)28(31)32/h5-10,12,14-17H,4,11,13,18H2,1-3H3,(H,31,32). The van der Waals surface area contributed by atoms with Crippen molar-refractivity contribution in [3.63, 3.8) is 0 Å². The first-order valence-electron chi connectivity index (χ1n) is 11.9. The lowest BCUT2D eigenvalue weighted by atomic mass is 9.81. The Morgan fingerprint density at radius 1 is 1.11 bits per heavy atom. The minimum atomic E-state index is -0.943. The highest BCUT2D eigenvalue weighted by Gasteiger charge is 2.21. The van der Waals surface area contributed by atoms with Crippen molar-refractivity contribution in [2.75, 3.05) is 6.61 Å². The smallest absolute Gasteiger partial charge is 0.337 e. The SMILES string of the molecule is CCC(C)(C)c1cc(SOCn2ccc3cccc(C(=O)O)c32)cc(-c2ccc3c(c2)CCO3)c1. The first-order chi connectivity index (χ1) is 16.9. The zero-order chi connectivity index (χ0) is 24.6. The highest BCUT2D eigenvalue weighted by atomic mass is 32.2. The normalized spacial score (nSPS) is 13.1. The molecule has 180 valence electrons. The van der Waals surface area contributed by atoms with E-state index >= 15 is 0 Å². The molecule has 0 radical (unpaired) electrons. The quantitative estimate of drug-likeness (QED) is 0.264. The zero-order valence-electron chi connectivity index (χ0n) is 20.2. The Labute approximate surface area is 209 Å². The number of ether oxygens (including phenoxy) is 1. The number of fused-ring (bicyclic) bond motifs is 2. The Morgan fingerprint density at radius 2 is 1.97 bits per heavy atom. The number of carbonyl (C=O) groups is 1. The van der Waals surface area contributed by atoms with Crippen molar-refractivity contribution < 1.29 is 18.8 Å². The third-order valence-corrected chi connectivity index (χ3v) is 7.61. The van der Waals surface area contributed by atoms with E-state index in [0.29, 0.717) is 5.52 Å². The Morgan fingerprint density at radius 3 is 2.77 bits per heavy atom. The van der Waals surface area contributed by atoms with Gasteiger partial charge in [-0.2, -0.15) is 0 Å². The van der Waals surface area contributed by atoms with Crippen LogP contribution in [0.4, 0.5) is 0 Å². The van der Waals surface area contributed by atoms with E-state index in [0.717, 1.165) is 41.0 Å². The van der Waals surface area contributed by atoms with Crippen LogP contribution in [0.5, 0.6) is 5.75 Å². The molecule has 35 heavy (non-hydrogen) atoms. The second-order valence-corrected chi connectivity index (χ2v) is 10.4. The van der Waals surface area contributed by atoms with Crippen LogP contribution < -0.4 is 4.74 Å². The van der Waals surface area contributed by atoms with Gasteiger partial charge in [0.1, 0.15) is 12.5 Å². The fraction of sp³-hybridized carbons (Fsp3) is 0.276. The summed E-state index contributed by atoms with van der Waals surface area (Å²) in [5.74, 6) is 0.0403. The van der Waals surface area contributed by atoms with E-state index in [2.05, 4.69) is 57.2 Å². The van der Waals surface area contributed by atoms with Gasteiger partial charge in [0.2, 0.25) is 0 Å². The molecule has 0 atom stereocenters. The average molecular weight is 488 g/mol. The van der Waals surface area contributed by atoms with Gasteiger partial charge in [-0.15, -0.1) is 0 Å². The van der Waals surface area contributed by atoms with Crippen molar-refractivity contribution in [3.8, 4) is 16.9 Å². The van der Waals surface area contributed by atoms with Crippen LogP contribution in [-0.4, -0.2) is 22.2 Å². The Balaban J connectivity index is 1.43. The Hall–Kier alpha value is -3.22. The predicted molar refractivity (Wildman–Crippen MR) is 140 cm³/mol. The maximum atomic E-state index is 11.7. The van der Waals surface area contributed by atoms with Gasteiger partial charge < -0.3 is 14.4 Å². The van der Waals surface area contributed by atoms with Crippen LogP contribution in [-0.2, 0) is 22.7 Å². The summed E-state index contributed by atoms with van der Waals surface area (Å²) in [6.07, 6.45) is 3.83. The van der Waals surface area contributed by atoms with E-state index in [1.165, 1.54) is 28.7 Å². The van der Waals surface area contributed by atoms with Gasteiger partial charge in [0.05, 0.1) is 17.7 Å². The van der Waals surface area contributed by atoms with E-state index in [9.17, 15) is 9.90 Å². The minimum absolute atomic E-state index is 0.0260. The number of para-hydroxylation sites is 1. The van der Waals surface area contributed by atoms with Crippen molar-refractivity contribution in [2.45, 2.75) is 50.7 Å². The number of aromatic nitrogens is 1. The predicted octanol–water partition coefficient (Wildman–Crippen LogP) is 7.31. The molecule has 2 heterocycles. The summed E-state index contributed by atoms with van der Waals surface area (Å²) >= 11 is 1.32. The summed E-state index contributed by atoms with van der Waals surface area (Å²) in [6, 6.07) is 20.3. The molecule has 5 nitrogen and oxygen atoms in total. The highest BCUT2D eigenvalue weighted by Crippen LogP contribution is 2.37. The molecule has 0 amide bonds. The van der Waals surface area contributed by atoms with Crippen LogP contribution in [0.25, 0.3) is 22.0 Å². The van der Waals surface area contributed by atoms with Crippen LogP contribution in [0.2, 0.25) is 0 Å². The van der Waals surface area contributed by atoms with Crippen LogP contribution in [0.1, 0.15) is 48.7 Å². The Kier molecular flexibility index (Phi) is 6.34. The van der Waals surface area contributed by atoms with Crippen LogP contribution >= 0.6 is 12.0 Å². The van der Waals surface area contributed by atoms with Gasteiger partial charge >= 0.3 is 5.97 Å². The fourth-order valence-electron chi connectivity index (χ4n) is 4.47. The molecule has 0 unspecified atom stereocenters. The molecule has 0 saturated heterocycles. The second kappa shape index (κ2) is 9.44. The zero-order valence-corrected chi connectivity index (χ0v) is 21.0. The molecule has 1 aromatic heterocycles. The summed E-state index contributed by atoms with van der Waals surface area (Å²) in [5, 5.41) is 10.5. The molecule has 0 saturated carbocycles. The number of hydrogen-bond donors (Lipinski definition) is 1. The van der Waals surface area contributed by atoms with E-state index < -0.39 is 5.97 Å². The molecule has 1 aliphatic heterocycles. The molecular weight excluding hydrogens is 458 g/mol. The van der Waals surface area contributed by atoms with Gasteiger partial charge in [0.25, 0.3) is 0 Å². The summed E-state index contributed by atoms with van der Waals surface area (Å²) in [5.41, 5.74) is 5.81. The molecule has 1 N–H and O–H groups in total. The third kappa shape index (κ3) is 4.68. The molecule has 0 aliphatic carbocycles. The number of benzene rings is 3. The van der Waals surface area contributed by atoms with Crippen molar-refractivity contribution in [3.05, 3.63) is 83.6 Å². The van der Waals surface area contributed by atoms with Gasteiger partial charge in [-0.05, 0) is 70.5 Å². The van der Waals surface area contributed by atoms with Gasteiger partial charge in [0, 0.05) is 34.9 Å². The monoisotopic (exact) mass is 487 g/mol. The number of nitrogens with zero attached hydrogens (tertiary/aromatic N) is 1. The summed E-state index contributed by atoms with van der Waals surface area (Å²) in [4.78, 5) is 12.7. The van der Waals surface area contributed by atoms with Gasteiger partial charge in [-0.3, -0.25) is 4.18 Å². The molecule has 0 bridgehead atoms. The second-order valence-electron chi connectivity index (χ2n) is 9.57. The number of hydrogen-bond acceptors (Lipinski definition) is 4. The molecular formula is C29H29NO4S. The molecule has 0 fully saturated rings. The van der Waals surface area contributed by atoms with Gasteiger partial charge in [-0.25, -0.2) is 4.79 Å². The lowest BCUT2D eigenvalue weighted by Gasteiger charge is -2.25. The molecule has 4 aromatic rings. The lowest BCUT2D eigenvalue weighted by Crippen LogP contribution is -2.15. The number of aromatic carboxylic acids is 1. The number of rotatable bonds is 8. The molecule has 5 rings (SSSR count). The molecule has 3 aromatic carbocycles. The van der Waals surface area contributed by atoms with Crippen LogP contribution in [0, 0.1) is 0 Å². The first-order valence-corrected chi connectivity index (χ1v) is 12.6. The largest absolute Gasteiger partial charge is 0.493 e. The minimum Gasteiger partial charge on any atom is -0.493 e. The number of carboxylic acid groups (broad SMARTS) is 1. The Bertz CT molecular complexity index is 1410. The molecule has 1 aliphatic rings. The average Bonchev–Trinajstić information content (AvgIpc) is 3.50. The molecule has 6 heteroatoms. The maximum Gasteiger partial charge on any atom is 0.337 e.